The average Bonchev–Trinajstić information content (AvgIpc) is 3.12. The van der Waals surface area contributed by atoms with Crippen molar-refractivity contribution >= 4 is 11.0 Å². The molecule has 0 unspecified atom stereocenters. The molecule has 1 aromatic heterocycles. The molecule has 3 aromatic rings. The number of aliphatic hydroxyl groups excluding tert-OH is 8. The Kier molecular flexibility index (Phi) is 11.2. The molecule has 3 aliphatic rings. The standard InChI is InChI=1S/C33H40O19/c1-11-20(37)24(41)27(44)31(48-11)47-10-18-22(39)25(42)30(52-32-26(43)21(38)16(36)9-46-32)33(50-18)51-29-23(40)19-15(35)7-14(45-2)8-17(19)49-28(29)12-3-5-13(34)6-4-12/h3-8,11,16,18,20-22,24-27,30-39,41-44H,9-10H2,1-2H3/t11-,16+,18+,20-,21-,22+,24+,25-,26+,27+,30+,31+,32-,33-/m0/s1. The van der Waals surface area contributed by atoms with Crippen LogP contribution in [0.4, 0.5) is 0 Å². The number of phenols is 2. The highest BCUT2D eigenvalue weighted by atomic mass is 16.8. The first-order valence-corrected chi connectivity index (χ1v) is 16.2. The maximum atomic E-state index is 14.1. The number of fused-ring (bicyclic) bond motifs is 1. The van der Waals surface area contributed by atoms with Crippen molar-refractivity contribution in [2.75, 3.05) is 20.3 Å². The van der Waals surface area contributed by atoms with E-state index in [0.717, 1.165) is 6.07 Å². The Balaban J connectivity index is 1.38. The SMILES string of the molecule is COc1cc(O)c2c(=O)c(O[C@@H]3O[C@H](CO[C@@H]4O[C@@H](C)[C@H](O)[C@@H](O)[C@H]4O)[C@@H](O)[C@H](O)[C@H]3O[C@@H]3OC[C@@H](O)[C@H](O)[C@H]3O)c(-c3ccc(O)cc3)oc2c1. The van der Waals surface area contributed by atoms with E-state index in [-0.39, 0.29) is 33.8 Å². The molecule has 0 bridgehead atoms. The van der Waals surface area contributed by atoms with Gasteiger partial charge < -0.3 is 88.6 Å². The molecule has 0 radical (unpaired) electrons. The molecule has 14 atom stereocenters. The smallest absolute Gasteiger partial charge is 0.239 e. The number of aliphatic hydroxyl groups is 8. The first-order chi connectivity index (χ1) is 24.7. The summed E-state index contributed by atoms with van der Waals surface area (Å²) in [5.41, 5.74) is -0.896. The van der Waals surface area contributed by atoms with Gasteiger partial charge in [-0.05, 0) is 31.2 Å². The monoisotopic (exact) mass is 740 g/mol. The predicted octanol–water partition coefficient (Wildman–Crippen LogP) is -2.63. The van der Waals surface area contributed by atoms with Crippen LogP contribution in [0.1, 0.15) is 6.92 Å². The van der Waals surface area contributed by atoms with E-state index in [1.807, 2.05) is 0 Å². The number of aromatic hydroxyl groups is 2. The molecule has 286 valence electrons. The van der Waals surface area contributed by atoms with Gasteiger partial charge in [0.15, 0.2) is 24.4 Å². The van der Waals surface area contributed by atoms with Crippen LogP contribution in [0.3, 0.4) is 0 Å². The van der Waals surface area contributed by atoms with Crippen molar-refractivity contribution in [3.63, 3.8) is 0 Å². The number of phenolic OH excluding ortho intramolecular Hbond substituents is 2. The molecule has 19 nitrogen and oxygen atoms in total. The lowest BCUT2D eigenvalue weighted by atomic mass is 9.98. The summed E-state index contributed by atoms with van der Waals surface area (Å²) in [5.74, 6) is -1.40. The van der Waals surface area contributed by atoms with Gasteiger partial charge in [-0.1, -0.05) is 0 Å². The number of benzene rings is 2. The molecule has 0 spiro atoms. The molecule has 52 heavy (non-hydrogen) atoms. The Labute approximate surface area is 293 Å². The van der Waals surface area contributed by atoms with Crippen molar-refractivity contribution in [1.82, 2.24) is 0 Å². The van der Waals surface area contributed by atoms with E-state index in [2.05, 4.69) is 0 Å². The Morgan fingerprint density at radius 1 is 0.788 bits per heavy atom. The first kappa shape index (κ1) is 38.1. The lowest BCUT2D eigenvalue weighted by Gasteiger charge is -2.45. The second kappa shape index (κ2) is 15.4. The minimum atomic E-state index is -1.97. The summed E-state index contributed by atoms with van der Waals surface area (Å²) in [6.45, 7) is 0.277. The summed E-state index contributed by atoms with van der Waals surface area (Å²) < 4.78 is 45.4. The predicted molar refractivity (Wildman–Crippen MR) is 170 cm³/mol. The number of rotatable bonds is 9. The van der Waals surface area contributed by atoms with Crippen LogP contribution in [0, 0.1) is 0 Å². The van der Waals surface area contributed by atoms with Crippen molar-refractivity contribution < 1.29 is 88.6 Å². The summed E-state index contributed by atoms with van der Waals surface area (Å²) in [7, 11) is 1.33. The highest BCUT2D eigenvalue weighted by Crippen LogP contribution is 2.38. The zero-order chi connectivity index (χ0) is 37.6. The Morgan fingerprint density at radius 2 is 1.48 bits per heavy atom. The Hall–Kier alpha value is -3.67. The minimum Gasteiger partial charge on any atom is -0.508 e. The van der Waals surface area contributed by atoms with Crippen LogP contribution in [-0.4, -0.2) is 157 Å². The van der Waals surface area contributed by atoms with Crippen LogP contribution in [0.15, 0.2) is 45.6 Å². The van der Waals surface area contributed by atoms with Crippen LogP contribution in [0.5, 0.6) is 23.0 Å². The molecule has 10 N–H and O–H groups in total. The molecule has 3 aliphatic heterocycles. The molecule has 0 saturated carbocycles. The van der Waals surface area contributed by atoms with Crippen LogP contribution < -0.4 is 14.9 Å². The van der Waals surface area contributed by atoms with E-state index in [1.165, 1.54) is 44.4 Å². The molecule has 6 rings (SSSR count). The molecular formula is C33H40O19. The number of hydrogen-bond acceptors (Lipinski definition) is 19. The normalized spacial score (nSPS) is 36.8. The second-order valence-corrected chi connectivity index (χ2v) is 12.7. The Bertz CT molecular complexity index is 1750. The summed E-state index contributed by atoms with van der Waals surface area (Å²) in [6.07, 6.45) is -23.2. The van der Waals surface area contributed by atoms with Crippen LogP contribution in [0.2, 0.25) is 0 Å². The van der Waals surface area contributed by atoms with Gasteiger partial charge in [-0.25, -0.2) is 0 Å². The van der Waals surface area contributed by atoms with Gasteiger partial charge in [0.2, 0.25) is 17.5 Å². The molecule has 19 heteroatoms. The molecular weight excluding hydrogens is 700 g/mol. The maximum absolute atomic E-state index is 14.1. The van der Waals surface area contributed by atoms with Crippen molar-refractivity contribution in [1.29, 1.82) is 0 Å². The largest absolute Gasteiger partial charge is 0.508 e. The lowest BCUT2D eigenvalue weighted by Crippen LogP contribution is -2.64. The molecule has 0 aliphatic carbocycles. The zero-order valence-electron chi connectivity index (χ0n) is 27.6. The quantitative estimate of drug-likeness (QED) is 0.107. The van der Waals surface area contributed by atoms with Gasteiger partial charge in [-0.2, -0.15) is 0 Å². The fourth-order valence-corrected chi connectivity index (χ4v) is 6.08. The summed E-state index contributed by atoms with van der Waals surface area (Å²) >= 11 is 0. The van der Waals surface area contributed by atoms with Gasteiger partial charge >= 0.3 is 0 Å². The number of hydrogen-bond donors (Lipinski definition) is 10. The average molecular weight is 741 g/mol. The Morgan fingerprint density at radius 3 is 2.17 bits per heavy atom. The van der Waals surface area contributed by atoms with Gasteiger partial charge in [0.1, 0.15) is 83.2 Å². The summed E-state index contributed by atoms with van der Waals surface area (Å²) in [5, 5.41) is 104. The third kappa shape index (κ3) is 7.28. The van der Waals surface area contributed by atoms with E-state index in [1.54, 1.807) is 0 Å². The highest BCUT2D eigenvalue weighted by molar-refractivity contribution is 5.88. The number of methoxy groups -OCH3 is 1. The van der Waals surface area contributed by atoms with Gasteiger partial charge in [-0.3, -0.25) is 4.79 Å². The van der Waals surface area contributed by atoms with Crippen LogP contribution in [0.25, 0.3) is 22.3 Å². The third-order valence-corrected chi connectivity index (χ3v) is 9.13. The second-order valence-electron chi connectivity index (χ2n) is 12.7. The van der Waals surface area contributed by atoms with E-state index in [4.69, 9.17) is 37.6 Å². The highest BCUT2D eigenvalue weighted by Gasteiger charge is 2.51. The van der Waals surface area contributed by atoms with E-state index >= 15 is 0 Å². The fraction of sp³-hybridized carbons (Fsp3) is 0.545. The first-order valence-electron chi connectivity index (χ1n) is 16.2. The van der Waals surface area contributed by atoms with Gasteiger partial charge in [0.25, 0.3) is 0 Å². The number of ether oxygens (including phenoxy) is 7. The molecule has 2 aromatic carbocycles. The van der Waals surface area contributed by atoms with Crippen molar-refractivity contribution in [2.45, 2.75) is 92.9 Å². The van der Waals surface area contributed by atoms with Crippen LogP contribution >= 0.6 is 0 Å². The fourth-order valence-electron chi connectivity index (χ4n) is 6.08. The van der Waals surface area contributed by atoms with Crippen molar-refractivity contribution in [3.05, 3.63) is 46.6 Å². The summed E-state index contributed by atoms with van der Waals surface area (Å²) in [4.78, 5) is 14.1. The van der Waals surface area contributed by atoms with Crippen molar-refractivity contribution in [2.24, 2.45) is 0 Å². The van der Waals surface area contributed by atoms with Crippen molar-refractivity contribution in [3.8, 4) is 34.3 Å². The maximum Gasteiger partial charge on any atom is 0.239 e. The van der Waals surface area contributed by atoms with Gasteiger partial charge in [0.05, 0.1) is 26.4 Å². The molecule has 0 amide bonds. The lowest BCUT2D eigenvalue weighted by molar-refractivity contribution is -0.352. The summed E-state index contributed by atoms with van der Waals surface area (Å²) in [6, 6.07) is 7.85. The topological polar surface area (TPSA) is 297 Å². The third-order valence-electron chi connectivity index (χ3n) is 9.13. The van der Waals surface area contributed by atoms with E-state index in [0.29, 0.717) is 0 Å². The van der Waals surface area contributed by atoms with Gasteiger partial charge in [-0.15, -0.1) is 0 Å². The van der Waals surface area contributed by atoms with Crippen LogP contribution in [-0.2, 0) is 23.7 Å². The van der Waals surface area contributed by atoms with E-state index < -0.39 is 116 Å². The zero-order valence-corrected chi connectivity index (χ0v) is 27.6. The van der Waals surface area contributed by atoms with E-state index in [9.17, 15) is 55.9 Å². The molecule has 3 saturated heterocycles. The van der Waals surface area contributed by atoms with Gasteiger partial charge in [0, 0.05) is 17.7 Å². The minimum absolute atomic E-state index is 0.125. The molecule has 4 heterocycles. The molecule has 3 fully saturated rings.